The maximum absolute atomic E-state index is 12.7. The molecular formula is C17H19NO4. The van der Waals surface area contributed by atoms with E-state index in [9.17, 15) is 4.79 Å². The molecule has 1 aliphatic carbocycles. The third-order valence-electron chi connectivity index (χ3n) is 4.62. The summed E-state index contributed by atoms with van der Waals surface area (Å²) in [5.41, 5.74) is 3.18. The smallest absolute Gasteiger partial charge is 0.252 e. The van der Waals surface area contributed by atoms with Crippen LogP contribution < -0.4 is 9.47 Å². The number of ether oxygens (including phenoxy) is 3. The van der Waals surface area contributed by atoms with Crippen molar-refractivity contribution in [3.05, 3.63) is 34.9 Å². The second-order valence-corrected chi connectivity index (χ2v) is 5.92. The quantitative estimate of drug-likeness (QED) is 0.861. The summed E-state index contributed by atoms with van der Waals surface area (Å²) in [5.74, 6) is 1.63. The van der Waals surface area contributed by atoms with Crippen molar-refractivity contribution >= 4 is 5.91 Å². The first-order chi connectivity index (χ1) is 10.8. The molecule has 22 heavy (non-hydrogen) atoms. The Labute approximate surface area is 129 Å². The van der Waals surface area contributed by atoms with Crippen LogP contribution in [0, 0.1) is 0 Å². The van der Waals surface area contributed by atoms with Crippen LogP contribution in [0.1, 0.15) is 31.2 Å². The molecular weight excluding hydrogens is 282 g/mol. The fourth-order valence-electron chi connectivity index (χ4n) is 3.57. The van der Waals surface area contributed by atoms with Gasteiger partial charge in [0.25, 0.3) is 5.91 Å². The number of benzene rings is 1. The number of amides is 1. The van der Waals surface area contributed by atoms with E-state index in [1.54, 1.807) is 7.11 Å². The molecule has 1 amide bonds. The highest BCUT2D eigenvalue weighted by molar-refractivity contribution is 5.97. The van der Waals surface area contributed by atoms with Gasteiger partial charge in [0.1, 0.15) is 0 Å². The highest BCUT2D eigenvalue weighted by Crippen LogP contribution is 2.38. The maximum atomic E-state index is 12.7. The van der Waals surface area contributed by atoms with Gasteiger partial charge in [-0.25, -0.2) is 0 Å². The molecule has 0 aromatic heterocycles. The summed E-state index contributed by atoms with van der Waals surface area (Å²) < 4.78 is 16.4. The Hall–Kier alpha value is -2.01. The van der Waals surface area contributed by atoms with E-state index in [-0.39, 0.29) is 18.9 Å². The molecule has 5 heteroatoms. The second kappa shape index (κ2) is 5.32. The van der Waals surface area contributed by atoms with Gasteiger partial charge >= 0.3 is 0 Å². The lowest BCUT2D eigenvalue weighted by Gasteiger charge is -2.26. The Morgan fingerprint density at radius 1 is 1.23 bits per heavy atom. The Balaban J connectivity index is 1.59. The molecule has 0 spiro atoms. The summed E-state index contributed by atoms with van der Waals surface area (Å²) in [6, 6.07) is 5.82. The van der Waals surface area contributed by atoms with E-state index in [1.807, 2.05) is 23.1 Å². The highest BCUT2D eigenvalue weighted by atomic mass is 16.7. The van der Waals surface area contributed by atoms with Gasteiger partial charge in [0.15, 0.2) is 17.7 Å². The van der Waals surface area contributed by atoms with Crippen molar-refractivity contribution in [2.75, 3.05) is 13.9 Å². The van der Waals surface area contributed by atoms with Gasteiger partial charge in [-0.2, -0.15) is 0 Å². The molecule has 0 bridgehead atoms. The van der Waals surface area contributed by atoms with Crippen molar-refractivity contribution < 1.29 is 19.0 Å². The average Bonchev–Trinajstić information content (AvgIpc) is 3.11. The van der Waals surface area contributed by atoms with Gasteiger partial charge in [-0.15, -0.1) is 0 Å². The SMILES string of the molecule is CO[C@@H]1C2=C(CCCC2)C(=O)N1Cc1ccc2c(c1)OCO2. The van der Waals surface area contributed by atoms with Gasteiger partial charge in [0, 0.05) is 19.2 Å². The first kappa shape index (κ1) is 13.6. The second-order valence-electron chi connectivity index (χ2n) is 5.92. The molecule has 1 atom stereocenters. The first-order valence-electron chi connectivity index (χ1n) is 7.72. The van der Waals surface area contributed by atoms with Crippen LogP contribution in [0.15, 0.2) is 29.3 Å². The molecule has 2 aliphatic heterocycles. The van der Waals surface area contributed by atoms with Crippen molar-refractivity contribution in [2.45, 2.75) is 38.5 Å². The van der Waals surface area contributed by atoms with Crippen LogP contribution in [0.3, 0.4) is 0 Å². The molecule has 0 fully saturated rings. The van der Waals surface area contributed by atoms with E-state index in [2.05, 4.69) is 0 Å². The van der Waals surface area contributed by atoms with Crippen LogP contribution in [-0.2, 0) is 16.1 Å². The standard InChI is InChI=1S/C17H19NO4/c1-20-17-13-5-3-2-4-12(13)16(19)18(17)9-11-6-7-14-15(8-11)22-10-21-14/h6-8,17H,2-5,9-10H2,1H3/t17-/m1/s1. The third-order valence-corrected chi connectivity index (χ3v) is 4.62. The fraction of sp³-hybridized carbons (Fsp3) is 0.471. The van der Waals surface area contributed by atoms with E-state index >= 15 is 0 Å². The molecule has 0 radical (unpaired) electrons. The monoisotopic (exact) mass is 301 g/mol. The predicted molar refractivity (Wildman–Crippen MR) is 79.4 cm³/mol. The predicted octanol–water partition coefficient (Wildman–Crippen LogP) is 2.60. The van der Waals surface area contributed by atoms with Gasteiger partial charge in [-0.05, 0) is 49.0 Å². The zero-order chi connectivity index (χ0) is 15.1. The Morgan fingerprint density at radius 3 is 2.91 bits per heavy atom. The Morgan fingerprint density at radius 2 is 2.05 bits per heavy atom. The number of hydrogen-bond donors (Lipinski definition) is 0. The summed E-state index contributed by atoms with van der Waals surface area (Å²) in [4.78, 5) is 14.5. The van der Waals surface area contributed by atoms with E-state index in [4.69, 9.17) is 14.2 Å². The van der Waals surface area contributed by atoms with Crippen LogP contribution in [0.4, 0.5) is 0 Å². The maximum Gasteiger partial charge on any atom is 0.252 e. The number of carbonyl (C=O) groups excluding carboxylic acids is 1. The lowest BCUT2D eigenvalue weighted by atomic mass is 9.93. The molecule has 1 aromatic rings. The minimum atomic E-state index is -0.215. The van der Waals surface area contributed by atoms with Gasteiger partial charge < -0.3 is 19.1 Å². The molecule has 5 nitrogen and oxygen atoms in total. The lowest BCUT2D eigenvalue weighted by molar-refractivity contribution is -0.134. The Kier molecular flexibility index (Phi) is 3.30. The van der Waals surface area contributed by atoms with Gasteiger partial charge in [-0.1, -0.05) is 6.07 Å². The third kappa shape index (κ3) is 2.08. The van der Waals surface area contributed by atoms with Crippen LogP contribution in [0.2, 0.25) is 0 Å². The van der Waals surface area contributed by atoms with Crippen LogP contribution in [-0.4, -0.2) is 30.9 Å². The summed E-state index contributed by atoms with van der Waals surface area (Å²) in [6.45, 7) is 0.791. The van der Waals surface area contributed by atoms with Crippen molar-refractivity contribution in [3.8, 4) is 11.5 Å². The Bertz CT molecular complexity index is 652. The minimum absolute atomic E-state index is 0.124. The van der Waals surface area contributed by atoms with E-state index in [1.165, 1.54) is 5.57 Å². The van der Waals surface area contributed by atoms with Crippen LogP contribution in [0.25, 0.3) is 0 Å². The van der Waals surface area contributed by atoms with E-state index < -0.39 is 0 Å². The molecule has 0 saturated heterocycles. The number of carbonyl (C=O) groups is 1. The molecule has 3 aliphatic rings. The molecule has 0 unspecified atom stereocenters. The normalized spacial score (nSPS) is 23.2. The average molecular weight is 301 g/mol. The molecule has 0 saturated carbocycles. The summed E-state index contributed by atoms with van der Waals surface area (Å²) in [5, 5.41) is 0. The molecule has 4 rings (SSSR count). The number of fused-ring (bicyclic) bond motifs is 1. The van der Waals surface area contributed by atoms with Crippen molar-refractivity contribution in [3.63, 3.8) is 0 Å². The summed E-state index contributed by atoms with van der Waals surface area (Å²) in [7, 11) is 1.68. The fourth-order valence-corrected chi connectivity index (χ4v) is 3.57. The first-order valence-corrected chi connectivity index (χ1v) is 7.72. The molecule has 116 valence electrons. The minimum Gasteiger partial charge on any atom is -0.454 e. The lowest BCUT2D eigenvalue weighted by Crippen LogP contribution is -2.36. The number of nitrogens with zero attached hydrogens (tertiary/aromatic N) is 1. The zero-order valence-electron chi connectivity index (χ0n) is 12.6. The number of hydrogen-bond acceptors (Lipinski definition) is 4. The van der Waals surface area contributed by atoms with Gasteiger partial charge in [-0.3, -0.25) is 4.79 Å². The van der Waals surface area contributed by atoms with Gasteiger partial charge in [0.05, 0.1) is 0 Å². The topological polar surface area (TPSA) is 48.0 Å². The van der Waals surface area contributed by atoms with E-state index in [0.29, 0.717) is 6.54 Å². The highest BCUT2D eigenvalue weighted by Gasteiger charge is 2.39. The number of methoxy groups -OCH3 is 1. The number of rotatable bonds is 3. The van der Waals surface area contributed by atoms with Gasteiger partial charge in [0.2, 0.25) is 6.79 Å². The molecule has 0 N–H and O–H groups in total. The van der Waals surface area contributed by atoms with E-state index in [0.717, 1.165) is 48.3 Å². The molecule has 2 heterocycles. The zero-order valence-corrected chi connectivity index (χ0v) is 12.6. The van der Waals surface area contributed by atoms with Crippen molar-refractivity contribution in [1.29, 1.82) is 0 Å². The van der Waals surface area contributed by atoms with Crippen molar-refractivity contribution in [1.82, 2.24) is 4.90 Å². The largest absolute Gasteiger partial charge is 0.454 e. The summed E-state index contributed by atoms with van der Waals surface area (Å²) >= 11 is 0. The molecule has 1 aromatic carbocycles. The van der Waals surface area contributed by atoms with Crippen molar-refractivity contribution in [2.24, 2.45) is 0 Å². The van der Waals surface area contributed by atoms with Crippen LogP contribution >= 0.6 is 0 Å². The van der Waals surface area contributed by atoms with Crippen LogP contribution in [0.5, 0.6) is 11.5 Å². The summed E-state index contributed by atoms with van der Waals surface area (Å²) in [6.07, 6.45) is 3.87.